The van der Waals surface area contributed by atoms with Crippen LogP contribution in [0.3, 0.4) is 0 Å². The molecule has 0 fully saturated rings. The first-order valence-electron chi connectivity index (χ1n) is 5.92. The molecule has 0 unspecified atom stereocenters. The molecule has 0 amide bonds. The lowest BCUT2D eigenvalue weighted by atomic mass is 10.1. The van der Waals surface area contributed by atoms with E-state index in [0.29, 0.717) is 0 Å². The van der Waals surface area contributed by atoms with Crippen LogP contribution in [0.15, 0.2) is 30.0 Å². The van der Waals surface area contributed by atoms with Crippen molar-refractivity contribution in [3.63, 3.8) is 0 Å². The van der Waals surface area contributed by atoms with Crippen LogP contribution in [0.4, 0.5) is 8.78 Å². The molecule has 1 aromatic rings. The topological polar surface area (TPSA) is 29.5 Å². The number of rotatable bonds is 5. The number of nitrogens with zero attached hydrogens (tertiary/aromatic N) is 1. The summed E-state index contributed by atoms with van der Waals surface area (Å²) in [5, 5.41) is 0. The molecule has 3 nitrogen and oxygen atoms in total. The number of hydrogen-bond acceptors (Lipinski definition) is 3. The lowest BCUT2D eigenvalue weighted by Gasteiger charge is -2.12. The normalized spacial score (nSPS) is 11.3. The summed E-state index contributed by atoms with van der Waals surface area (Å²) in [5.41, 5.74) is 0.400. The lowest BCUT2D eigenvalue weighted by molar-refractivity contribution is -0.138. The van der Waals surface area contributed by atoms with Crippen LogP contribution in [0.2, 0.25) is 0 Å². The van der Waals surface area contributed by atoms with Gasteiger partial charge in [-0.05, 0) is 30.7 Å². The van der Waals surface area contributed by atoms with Gasteiger partial charge in [-0.2, -0.15) is 0 Å². The van der Waals surface area contributed by atoms with Crippen molar-refractivity contribution in [1.29, 1.82) is 0 Å². The molecule has 5 heteroatoms. The first-order valence-corrected chi connectivity index (χ1v) is 5.92. The zero-order chi connectivity index (χ0) is 14.4. The second-order valence-electron chi connectivity index (χ2n) is 4.25. The van der Waals surface area contributed by atoms with Crippen LogP contribution >= 0.6 is 0 Å². The molecule has 1 rings (SSSR count). The molecule has 0 saturated carbocycles. The Balaban J connectivity index is 3.01. The van der Waals surface area contributed by atoms with Gasteiger partial charge in [-0.3, -0.25) is 0 Å². The Labute approximate surface area is 111 Å². The standard InChI is InChI=1S/C14H17F2NO2/c1-4-19-14(18)11(9-17(2)3)7-10-8-12(15)5-6-13(10)16/h5-6,8-9H,4,7H2,1-3H3. The second kappa shape index (κ2) is 6.87. The Bertz CT molecular complexity index is 484. The number of halogens is 2. The van der Waals surface area contributed by atoms with Crippen molar-refractivity contribution in [2.24, 2.45) is 0 Å². The fourth-order valence-electron chi connectivity index (χ4n) is 1.59. The van der Waals surface area contributed by atoms with Gasteiger partial charge < -0.3 is 9.64 Å². The number of esters is 1. The van der Waals surface area contributed by atoms with Gasteiger partial charge in [0.05, 0.1) is 12.2 Å². The molecule has 0 saturated heterocycles. The van der Waals surface area contributed by atoms with Crippen LogP contribution in [-0.2, 0) is 16.0 Å². The maximum atomic E-state index is 13.6. The van der Waals surface area contributed by atoms with Crippen molar-refractivity contribution in [2.45, 2.75) is 13.3 Å². The maximum Gasteiger partial charge on any atom is 0.335 e. The molecule has 0 bridgehead atoms. The molecule has 0 spiro atoms. The summed E-state index contributed by atoms with van der Waals surface area (Å²) in [6.45, 7) is 1.92. The average molecular weight is 269 g/mol. The van der Waals surface area contributed by atoms with Gasteiger partial charge in [-0.25, -0.2) is 13.6 Å². The molecule has 19 heavy (non-hydrogen) atoms. The third-order valence-corrected chi connectivity index (χ3v) is 2.34. The van der Waals surface area contributed by atoms with Crippen molar-refractivity contribution in [2.75, 3.05) is 20.7 Å². The van der Waals surface area contributed by atoms with Crippen molar-refractivity contribution in [3.8, 4) is 0 Å². The monoisotopic (exact) mass is 269 g/mol. The van der Waals surface area contributed by atoms with Gasteiger partial charge in [-0.15, -0.1) is 0 Å². The van der Waals surface area contributed by atoms with Crippen LogP contribution < -0.4 is 0 Å². The van der Waals surface area contributed by atoms with E-state index in [4.69, 9.17) is 4.74 Å². The van der Waals surface area contributed by atoms with Crippen LogP contribution in [-0.4, -0.2) is 31.6 Å². The number of ether oxygens (including phenoxy) is 1. The van der Waals surface area contributed by atoms with Crippen LogP contribution in [0.1, 0.15) is 12.5 Å². The Kier molecular flexibility index (Phi) is 5.48. The lowest BCUT2D eigenvalue weighted by Crippen LogP contribution is -2.14. The zero-order valence-electron chi connectivity index (χ0n) is 11.2. The van der Waals surface area contributed by atoms with E-state index in [1.807, 2.05) is 0 Å². The van der Waals surface area contributed by atoms with Gasteiger partial charge in [0.1, 0.15) is 11.6 Å². The molecular formula is C14H17F2NO2. The molecule has 0 aromatic heterocycles. The summed E-state index contributed by atoms with van der Waals surface area (Å²) in [7, 11) is 3.47. The van der Waals surface area contributed by atoms with Gasteiger partial charge in [0.15, 0.2) is 0 Å². The largest absolute Gasteiger partial charge is 0.463 e. The third kappa shape index (κ3) is 4.69. The number of carbonyl (C=O) groups excluding carboxylic acids is 1. The highest BCUT2D eigenvalue weighted by molar-refractivity contribution is 5.88. The maximum absolute atomic E-state index is 13.6. The summed E-state index contributed by atoms with van der Waals surface area (Å²) < 4.78 is 31.6. The molecule has 104 valence electrons. The van der Waals surface area contributed by atoms with E-state index in [2.05, 4.69) is 0 Å². The first-order chi connectivity index (χ1) is 8.93. The quantitative estimate of drug-likeness (QED) is 0.607. The summed E-state index contributed by atoms with van der Waals surface area (Å²) in [4.78, 5) is 13.4. The van der Waals surface area contributed by atoms with Crippen LogP contribution in [0.5, 0.6) is 0 Å². The number of hydrogen-bond donors (Lipinski definition) is 0. The minimum Gasteiger partial charge on any atom is -0.463 e. The van der Waals surface area contributed by atoms with Gasteiger partial charge in [0.25, 0.3) is 0 Å². The van der Waals surface area contributed by atoms with E-state index >= 15 is 0 Å². The van der Waals surface area contributed by atoms with Gasteiger partial charge in [0, 0.05) is 26.7 Å². The molecule has 0 aliphatic heterocycles. The summed E-state index contributed by atoms with van der Waals surface area (Å²) in [6, 6.07) is 3.17. The molecule has 0 aliphatic rings. The highest BCUT2D eigenvalue weighted by Crippen LogP contribution is 2.15. The number of carbonyl (C=O) groups is 1. The van der Waals surface area contributed by atoms with Crippen LogP contribution in [0, 0.1) is 11.6 Å². The van der Waals surface area contributed by atoms with E-state index in [1.165, 1.54) is 0 Å². The molecule has 0 atom stereocenters. The third-order valence-electron chi connectivity index (χ3n) is 2.34. The number of benzene rings is 1. The molecule has 1 aromatic carbocycles. The first kappa shape index (κ1) is 15.1. The zero-order valence-corrected chi connectivity index (χ0v) is 11.2. The van der Waals surface area contributed by atoms with Gasteiger partial charge >= 0.3 is 5.97 Å². The Hall–Kier alpha value is -1.91. The van der Waals surface area contributed by atoms with E-state index in [0.717, 1.165) is 18.2 Å². The highest BCUT2D eigenvalue weighted by atomic mass is 19.1. The van der Waals surface area contributed by atoms with E-state index in [-0.39, 0.29) is 24.2 Å². The minimum atomic E-state index is -0.546. The fraction of sp³-hybridized carbons (Fsp3) is 0.357. The fourth-order valence-corrected chi connectivity index (χ4v) is 1.59. The van der Waals surface area contributed by atoms with Crippen LogP contribution in [0.25, 0.3) is 0 Å². The van der Waals surface area contributed by atoms with Crippen molar-refractivity contribution >= 4 is 5.97 Å². The smallest absolute Gasteiger partial charge is 0.335 e. The van der Waals surface area contributed by atoms with Crippen molar-refractivity contribution < 1.29 is 18.3 Å². The highest BCUT2D eigenvalue weighted by Gasteiger charge is 2.15. The Morgan fingerprint density at radius 3 is 2.63 bits per heavy atom. The second-order valence-corrected chi connectivity index (χ2v) is 4.25. The van der Waals surface area contributed by atoms with Gasteiger partial charge in [0.2, 0.25) is 0 Å². The SMILES string of the molecule is CCOC(=O)C(=CN(C)C)Cc1cc(F)ccc1F. The van der Waals surface area contributed by atoms with E-state index in [9.17, 15) is 13.6 Å². The summed E-state index contributed by atoms with van der Waals surface area (Å²) in [6.07, 6.45) is 1.53. The van der Waals surface area contributed by atoms with E-state index < -0.39 is 17.6 Å². The van der Waals surface area contributed by atoms with Crippen molar-refractivity contribution in [1.82, 2.24) is 4.90 Å². The predicted octanol–water partition coefficient (Wildman–Crippen LogP) is 2.52. The Morgan fingerprint density at radius 2 is 2.05 bits per heavy atom. The molecule has 0 heterocycles. The summed E-state index contributed by atoms with van der Waals surface area (Å²) >= 11 is 0. The molecule has 0 aliphatic carbocycles. The predicted molar refractivity (Wildman–Crippen MR) is 68.5 cm³/mol. The summed E-state index contributed by atoms with van der Waals surface area (Å²) in [5.74, 6) is -1.61. The molecular weight excluding hydrogens is 252 g/mol. The molecule has 0 radical (unpaired) electrons. The van der Waals surface area contributed by atoms with Gasteiger partial charge in [-0.1, -0.05) is 0 Å². The average Bonchev–Trinajstić information content (AvgIpc) is 2.32. The molecule has 0 N–H and O–H groups in total. The minimum absolute atomic E-state index is 0.0133. The van der Waals surface area contributed by atoms with E-state index in [1.54, 1.807) is 32.1 Å². The van der Waals surface area contributed by atoms with Crippen molar-refractivity contribution in [3.05, 3.63) is 47.2 Å². The Morgan fingerprint density at radius 1 is 1.37 bits per heavy atom.